The van der Waals surface area contributed by atoms with Crippen LogP contribution in [-0.4, -0.2) is 38.4 Å². The molecule has 1 aliphatic heterocycles. The van der Waals surface area contributed by atoms with E-state index in [2.05, 4.69) is 10.1 Å². The number of hydrogen-bond acceptors (Lipinski definition) is 6. The lowest BCUT2D eigenvalue weighted by atomic mass is 9.99. The van der Waals surface area contributed by atoms with Crippen molar-refractivity contribution in [1.29, 1.82) is 0 Å². The highest BCUT2D eigenvalue weighted by Gasteiger charge is 2.34. The van der Waals surface area contributed by atoms with Crippen LogP contribution in [0.2, 0.25) is 0 Å². The first-order valence-corrected chi connectivity index (χ1v) is 9.97. The molecule has 0 radical (unpaired) electrons. The number of nitrogens with one attached hydrogen (secondary N) is 1. The molecular weight excluding hydrogens is 412 g/mol. The second-order valence-corrected chi connectivity index (χ2v) is 7.48. The molecule has 4 rings (SSSR count). The SMILES string of the molecule is COc1ccc([C@@H]2CC(c3c(O)n(-c4ccccc4C)c(=O)[nH]c3=O)=NN2C(C)=O)cc1. The molecule has 1 amide bonds. The maximum atomic E-state index is 12.7. The lowest BCUT2D eigenvalue weighted by Crippen LogP contribution is -2.33. The van der Waals surface area contributed by atoms with Gasteiger partial charge in [0.2, 0.25) is 11.8 Å². The molecule has 0 fully saturated rings. The van der Waals surface area contributed by atoms with Gasteiger partial charge in [0, 0.05) is 13.3 Å². The number of methoxy groups -OCH3 is 1. The third-order valence-electron chi connectivity index (χ3n) is 5.46. The van der Waals surface area contributed by atoms with Crippen molar-refractivity contribution in [1.82, 2.24) is 14.6 Å². The number of amides is 1. The van der Waals surface area contributed by atoms with Gasteiger partial charge in [0.15, 0.2) is 0 Å². The van der Waals surface area contributed by atoms with Gasteiger partial charge in [-0.2, -0.15) is 5.10 Å². The van der Waals surface area contributed by atoms with Gasteiger partial charge >= 0.3 is 5.69 Å². The lowest BCUT2D eigenvalue weighted by molar-refractivity contribution is -0.130. The van der Waals surface area contributed by atoms with E-state index in [1.807, 2.05) is 12.1 Å². The van der Waals surface area contributed by atoms with E-state index in [0.717, 1.165) is 15.7 Å². The number of benzene rings is 2. The van der Waals surface area contributed by atoms with Crippen LogP contribution in [0.25, 0.3) is 5.69 Å². The number of para-hydroxylation sites is 1. The quantitative estimate of drug-likeness (QED) is 0.653. The van der Waals surface area contributed by atoms with Crippen LogP contribution in [0, 0.1) is 6.92 Å². The number of carbonyl (C=O) groups is 1. The zero-order valence-electron chi connectivity index (χ0n) is 17.8. The standard InChI is InChI=1S/C23H22N4O5/c1-13-6-4-5-7-18(13)26-22(30)20(21(29)24-23(26)31)17-12-19(27(25-17)14(2)28)15-8-10-16(32-3)11-9-15/h4-11,19,30H,12H2,1-3H3,(H,24,29,31)/t19-/m0/s1. The predicted molar refractivity (Wildman–Crippen MR) is 118 cm³/mol. The van der Waals surface area contributed by atoms with Gasteiger partial charge in [-0.05, 0) is 36.2 Å². The Morgan fingerprint density at radius 1 is 1.16 bits per heavy atom. The van der Waals surface area contributed by atoms with Crippen molar-refractivity contribution in [2.75, 3.05) is 7.11 Å². The van der Waals surface area contributed by atoms with Gasteiger partial charge in [-0.15, -0.1) is 0 Å². The molecule has 0 unspecified atom stereocenters. The van der Waals surface area contributed by atoms with Gasteiger partial charge in [0.25, 0.3) is 5.56 Å². The van der Waals surface area contributed by atoms with Crippen LogP contribution in [0.1, 0.15) is 36.1 Å². The number of hydrogen-bond donors (Lipinski definition) is 2. The van der Waals surface area contributed by atoms with Crippen LogP contribution in [0.15, 0.2) is 63.2 Å². The highest BCUT2D eigenvalue weighted by Crippen LogP contribution is 2.34. The van der Waals surface area contributed by atoms with Crippen molar-refractivity contribution >= 4 is 11.6 Å². The molecule has 3 aromatic rings. The third kappa shape index (κ3) is 3.58. The molecule has 164 valence electrons. The molecule has 1 atom stereocenters. The number of nitrogens with zero attached hydrogens (tertiary/aromatic N) is 3. The van der Waals surface area contributed by atoms with E-state index in [1.165, 1.54) is 11.9 Å². The van der Waals surface area contributed by atoms with E-state index in [1.54, 1.807) is 50.4 Å². The summed E-state index contributed by atoms with van der Waals surface area (Å²) in [6, 6.07) is 13.7. The minimum absolute atomic E-state index is 0.143. The molecule has 1 aromatic heterocycles. The monoisotopic (exact) mass is 434 g/mol. The fourth-order valence-electron chi connectivity index (χ4n) is 3.86. The van der Waals surface area contributed by atoms with Crippen LogP contribution < -0.4 is 16.0 Å². The van der Waals surface area contributed by atoms with Crippen LogP contribution in [0.3, 0.4) is 0 Å². The van der Waals surface area contributed by atoms with Gasteiger partial charge in [-0.1, -0.05) is 30.3 Å². The largest absolute Gasteiger partial charge is 0.497 e. The number of ether oxygens (including phenoxy) is 1. The molecule has 2 N–H and O–H groups in total. The smallest absolute Gasteiger partial charge is 0.335 e. The van der Waals surface area contributed by atoms with Gasteiger partial charge in [-0.3, -0.25) is 14.6 Å². The first-order valence-electron chi connectivity index (χ1n) is 9.97. The van der Waals surface area contributed by atoms with Crippen molar-refractivity contribution in [3.8, 4) is 17.3 Å². The Hall–Kier alpha value is -4.14. The first-order chi connectivity index (χ1) is 15.3. The number of aryl methyl sites for hydroxylation is 1. The number of aromatic nitrogens is 2. The van der Waals surface area contributed by atoms with E-state index < -0.39 is 23.2 Å². The predicted octanol–water partition coefficient (Wildman–Crippen LogP) is 2.25. The summed E-state index contributed by atoms with van der Waals surface area (Å²) in [6.07, 6.45) is 0.189. The summed E-state index contributed by atoms with van der Waals surface area (Å²) in [5.74, 6) is -0.170. The molecule has 0 bridgehead atoms. The third-order valence-corrected chi connectivity index (χ3v) is 5.46. The Morgan fingerprint density at radius 3 is 2.47 bits per heavy atom. The molecule has 0 aliphatic carbocycles. The summed E-state index contributed by atoms with van der Waals surface area (Å²) in [7, 11) is 1.56. The van der Waals surface area contributed by atoms with Gasteiger partial charge < -0.3 is 9.84 Å². The van der Waals surface area contributed by atoms with Crippen molar-refractivity contribution in [3.05, 3.63) is 86.1 Å². The molecule has 0 saturated heterocycles. The number of H-pyrrole nitrogens is 1. The average molecular weight is 434 g/mol. The van der Waals surface area contributed by atoms with Crippen LogP contribution in [0.5, 0.6) is 11.6 Å². The van der Waals surface area contributed by atoms with Gasteiger partial charge in [-0.25, -0.2) is 14.4 Å². The maximum Gasteiger partial charge on any atom is 0.335 e. The van der Waals surface area contributed by atoms with Crippen molar-refractivity contribution in [3.63, 3.8) is 0 Å². The summed E-state index contributed by atoms with van der Waals surface area (Å²) in [5, 5.41) is 16.6. The topological polar surface area (TPSA) is 117 Å². The van der Waals surface area contributed by atoms with E-state index in [-0.39, 0.29) is 23.6 Å². The summed E-state index contributed by atoms with van der Waals surface area (Å²) >= 11 is 0. The molecule has 32 heavy (non-hydrogen) atoms. The Bertz CT molecular complexity index is 1340. The number of aromatic hydroxyl groups is 1. The van der Waals surface area contributed by atoms with Gasteiger partial charge in [0.05, 0.1) is 24.6 Å². The van der Waals surface area contributed by atoms with Crippen LogP contribution in [0.4, 0.5) is 0 Å². The van der Waals surface area contributed by atoms with Crippen LogP contribution in [-0.2, 0) is 4.79 Å². The second kappa shape index (κ2) is 8.18. The summed E-state index contributed by atoms with van der Waals surface area (Å²) in [5.41, 5.74) is 0.494. The fourth-order valence-corrected chi connectivity index (χ4v) is 3.86. The zero-order valence-corrected chi connectivity index (χ0v) is 17.8. The second-order valence-electron chi connectivity index (χ2n) is 7.48. The molecule has 2 aromatic carbocycles. The summed E-state index contributed by atoms with van der Waals surface area (Å²) in [4.78, 5) is 39.8. The van der Waals surface area contributed by atoms with Crippen molar-refractivity contribution < 1.29 is 14.6 Å². The van der Waals surface area contributed by atoms with E-state index >= 15 is 0 Å². The molecular formula is C23H22N4O5. The number of hydrazone groups is 1. The molecule has 2 heterocycles. The Labute approximate surface area is 183 Å². The minimum atomic E-state index is -0.769. The van der Waals surface area contributed by atoms with Gasteiger partial charge in [0.1, 0.15) is 11.3 Å². The summed E-state index contributed by atoms with van der Waals surface area (Å²) < 4.78 is 6.22. The molecule has 0 saturated carbocycles. The first kappa shape index (κ1) is 21.1. The molecule has 9 nitrogen and oxygen atoms in total. The fraction of sp³-hybridized carbons (Fsp3) is 0.217. The minimum Gasteiger partial charge on any atom is -0.497 e. The van der Waals surface area contributed by atoms with E-state index in [4.69, 9.17) is 4.74 Å². The Balaban J connectivity index is 1.83. The lowest BCUT2D eigenvalue weighted by Gasteiger charge is -2.20. The summed E-state index contributed by atoms with van der Waals surface area (Å²) in [6.45, 7) is 3.16. The highest BCUT2D eigenvalue weighted by atomic mass is 16.5. The highest BCUT2D eigenvalue weighted by molar-refractivity contribution is 6.04. The zero-order chi connectivity index (χ0) is 23.0. The van der Waals surface area contributed by atoms with E-state index in [9.17, 15) is 19.5 Å². The van der Waals surface area contributed by atoms with E-state index in [0.29, 0.717) is 11.4 Å². The van der Waals surface area contributed by atoms with Crippen molar-refractivity contribution in [2.45, 2.75) is 26.3 Å². The Kier molecular flexibility index (Phi) is 5.40. The van der Waals surface area contributed by atoms with Crippen LogP contribution >= 0.6 is 0 Å². The maximum absolute atomic E-state index is 12.7. The molecule has 1 aliphatic rings. The molecule has 9 heteroatoms. The number of aromatic amines is 1. The molecule has 0 spiro atoms. The Morgan fingerprint density at radius 2 is 1.84 bits per heavy atom. The normalized spacial score (nSPS) is 15.5. The average Bonchev–Trinajstić information content (AvgIpc) is 3.20. The number of rotatable bonds is 4. The van der Waals surface area contributed by atoms with Crippen molar-refractivity contribution in [2.24, 2.45) is 5.10 Å². The number of carbonyl (C=O) groups excluding carboxylic acids is 1.